The molecule has 0 fully saturated rings. The van der Waals surface area contributed by atoms with E-state index in [0.717, 1.165) is 0 Å². The summed E-state index contributed by atoms with van der Waals surface area (Å²) in [6.45, 7) is 0.268. The third kappa shape index (κ3) is 3.44. The van der Waals surface area contributed by atoms with Gasteiger partial charge in [0.2, 0.25) is 0 Å². The van der Waals surface area contributed by atoms with E-state index in [1.165, 1.54) is 35.1 Å². The van der Waals surface area contributed by atoms with Crippen molar-refractivity contribution in [1.82, 2.24) is 15.0 Å². The summed E-state index contributed by atoms with van der Waals surface area (Å²) in [6, 6.07) is 5.39. The van der Waals surface area contributed by atoms with Gasteiger partial charge in [0.25, 0.3) is 0 Å². The topological polar surface area (TPSA) is 85.1 Å². The number of rotatable bonds is 5. The molecule has 0 saturated carbocycles. The molecule has 2 aromatic rings. The van der Waals surface area contributed by atoms with Crippen molar-refractivity contribution in [2.24, 2.45) is 0 Å². The van der Waals surface area contributed by atoms with Gasteiger partial charge in [-0.3, -0.25) is 8.89 Å². The molecule has 100 valence electrons. The van der Waals surface area contributed by atoms with Crippen LogP contribution in [0.5, 0.6) is 0 Å². The zero-order chi connectivity index (χ0) is 13.8. The first-order chi connectivity index (χ1) is 9.06. The molecular weight excluding hydrogens is 273 g/mol. The molecule has 0 bridgehead atoms. The van der Waals surface area contributed by atoms with Crippen LogP contribution in [-0.4, -0.2) is 36.0 Å². The van der Waals surface area contributed by atoms with Crippen molar-refractivity contribution in [3.63, 3.8) is 0 Å². The van der Waals surface area contributed by atoms with E-state index < -0.39 is 16.8 Å². The van der Waals surface area contributed by atoms with E-state index in [1.54, 1.807) is 0 Å². The molecule has 1 aromatic carbocycles. The van der Waals surface area contributed by atoms with Crippen LogP contribution in [0.25, 0.3) is 0 Å². The van der Waals surface area contributed by atoms with Crippen molar-refractivity contribution in [3.8, 4) is 0 Å². The number of halogens is 1. The smallest absolute Gasteiger partial charge is 0.358 e. The minimum Gasteiger partial charge on any atom is -0.476 e. The Labute approximate surface area is 110 Å². The lowest BCUT2D eigenvalue weighted by Gasteiger charge is -2.02. The van der Waals surface area contributed by atoms with E-state index in [-0.39, 0.29) is 23.8 Å². The van der Waals surface area contributed by atoms with Crippen molar-refractivity contribution in [3.05, 3.63) is 42.0 Å². The minimum atomic E-state index is -1.30. The summed E-state index contributed by atoms with van der Waals surface area (Å²) >= 11 is 0. The van der Waals surface area contributed by atoms with Gasteiger partial charge >= 0.3 is 5.97 Å². The Morgan fingerprint density at radius 1 is 1.37 bits per heavy atom. The maximum absolute atomic E-state index is 12.7. The van der Waals surface area contributed by atoms with Crippen LogP contribution in [0.3, 0.4) is 0 Å². The molecule has 2 rings (SSSR count). The van der Waals surface area contributed by atoms with Crippen LogP contribution in [-0.2, 0) is 17.3 Å². The normalized spacial score (nSPS) is 12.3. The Bertz CT molecular complexity index is 612. The molecule has 0 aliphatic heterocycles. The molecule has 0 amide bonds. The molecule has 6 nitrogen and oxygen atoms in total. The first kappa shape index (κ1) is 13.3. The Morgan fingerprint density at radius 2 is 2.05 bits per heavy atom. The number of aromatic nitrogens is 3. The number of aryl methyl sites for hydroxylation is 1. The molecule has 0 radical (unpaired) electrons. The molecule has 0 spiro atoms. The Hall–Kier alpha value is -2.09. The lowest BCUT2D eigenvalue weighted by Crippen LogP contribution is -2.08. The van der Waals surface area contributed by atoms with Gasteiger partial charge in [-0.05, 0) is 24.3 Å². The Balaban J connectivity index is 1.96. The molecule has 0 saturated heterocycles. The molecule has 19 heavy (non-hydrogen) atoms. The summed E-state index contributed by atoms with van der Waals surface area (Å²) in [5.74, 6) is -1.30. The molecule has 1 unspecified atom stereocenters. The quantitative estimate of drug-likeness (QED) is 0.882. The van der Waals surface area contributed by atoms with E-state index in [1.807, 2.05) is 0 Å². The highest BCUT2D eigenvalue weighted by molar-refractivity contribution is 7.85. The number of nitrogens with zero attached hydrogens (tertiary/aromatic N) is 3. The minimum absolute atomic E-state index is 0.160. The number of aromatic carboxylic acids is 1. The third-order valence-corrected chi connectivity index (χ3v) is 3.69. The van der Waals surface area contributed by atoms with Crippen LogP contribution in [0.4, 0.5) is 4.39 Å². The second kappa shape index (κ2) is 5.70. The number of benzene rings is 1. The van der Waals surface area contributed by atoms with Crippen LogP contribution in [0, 0.1) is 5.82 Å². The van der Waals surface area contributed by atoms with Gasteiger partial charge in [0.15, 0.2) is 5.69 Å². The maximum Gasteiger partial charge on any atom is 0.358 e. The van der Waals surface area contributed by atoms with Gasteiger partial charge in [-0.1, -0.05) is 5.21 Å². The van der Waals surface area contributed by atoms with Crippen LogP contribution in [0.1, 0.15) is 10.5 Å². The highest BCUT2D eigenvalue weighted by Gasteiger charge is 2.09. The van der Waals surface area contributed by atoms with Crippen molar-refractivity contribution < 1.29 is 18.5 Å². The second-order valence-electron chi connectivity index (χ2n) is 3.68. The van der Waals surface area contributed by atoms with Crippen LogP contribution in [0.2, 0.25) is 0 Å². The van der Waals surface area contributed by atoms with Crippen molar-refractivity contribution in [1.29, 1.82) is 0 Å². The fourth-order valence-corrected chi connectivity index (χ4v) is 2.41. The van der Waals surface area contributed by atoms with E-state index in [0.29, 0.717) is 4.90 Å². The third-order valence-electron chi connectivity index (χ3n) is 2.34. The number of carboxylic acid groups (broad SMARTS) is 1. The van der Waals surface area contributed by atoms with E-state index in [2.05, 4.69) is 10.3 Å². The van der Waals surface area contributed by atoms with Crippen LogP contribution in [0.15, 0.2) is 35.4 Å². The van der Waals surface area contributed by atoms with Gasteiger partial charge in [-0.25, -0.2) is 9.18 Å². The molecular formula is C11H10FN3O3S. The van der Waals surface area contributed by atoms with Gasteiger partial charge in [-0.15, -0.1) is 5.10 Å². The monoisotopic (exact) mass is 283 g/mol. The average molecular weight is 283 g/mol. The summed E-state index contributed by atoms with van der Waals surface area (Å²) in [4.78, 5) is 11.1. The first-order valence-electron chi connectivity index (χ1n) is 5.33. The first-order valence-corrected chi connectivity index (χ1v) is 6.65. The van der Waals surface area contributed by atoms with Crippen molar-refractivity contribution >= 4 is 16.8 Å². The molecule has 1 heterocycles. The highest BCUT2D eigenvalue weighted by atomic mass is 32.2. The highest BCUT2D eigenvalue weighted by Crippen LogP contribution is 2.08. The van der Waals surface area contributed by atoms with Gasteiger partial charge in [-0.2, -0.15) is 0 Å². The van der Waals surface area contributed by atoms with E-state index >= 15 is 0 Å². The van der Waals surface area contributed by atoms with Gasteiger partial charge in [0, 0.05) is 10.6 Å². The molecule has 0 aliphatic rings. The predicted molar refractivity (Wildman–Crippen MR) is 64.7 cm³/mol. The molecule has 0 aliphatic carbocycles. The molecule has 8 heteroatoms. The molecule has 1 aromatic heterocycles. The van der Waals surface area contributed by atoms with Crippen LogP contribution < -0.4 is 0 Å². The zero-order valence-electron chi connectivity index (χ0n) is 9.69. The second-order valence-corrected chi connectivity index (χ2v) is 5.25. The van der Waals surface area contributed by atoms with E-state index in [9.17, 15) is 13.4 Å². The van der Waals surface area contributed by atoms with Crippen molar-refractivity contribution in [2.45, 2.75) is 11.4 Å². The summed E-state index contributed by atoms with van der Waals surface area (Å²) in [6.07, 6.45) is 1.27. The number of carbonyl (C=O) groups is 1. The standard InChI is InChI=1S/C11H10FN3O3S/c12-8-1-3-9(4-2-8)19(18)6-5-15-7-10(11(16)17)13-14-15/h1-4,7H,5-6H2,(H,16,17). The van der Waals surface area contributed by atoms with Crippen molar-refractivity contribution in [2.75, 3.05) is 5.75 Å². The Kier molecular flexibility index (Phi) is 4.00. The van der Waals surface area contributed by atoms with Gasteiger partial charge < -0.3 is 5.11 Å². The number of carboxylic acids is 1. The summed E-state index contributed by atoms with van der Waals surface area (Å²) in [5.41, 5.74) is -0.160. The summed E-state index contributed by atoms with van der Waals surface area (Å²) < 4.78 is 25.9. The predicted octanol–water partition coefficient (Wildman–Crippen LogP) is 0.923. The summed E-state index contributed by atoms with van der Waals surface area (Å²) in [7, 11) is -1.30. The number of hydrogen-bond donors (Lipinski definition) is 1. The zero-order valence-corrected chi connectivity index (χ0v) is 10.5. The Morgan fingerprint density at radius 3 is 2.63 bits per heavy atom. The largest absolute Gasteiger partial charge is 0.476 e. The van der Waals surface area contributed by atoms with E-state index in [4.69, 9.17) is 5.11 Å². The maximum atomic E-state index is 12.7. The lowest BCUT2D eigenvalue weighted by atomic mass is 10.4. The lowest BCUT2D eigenvalue weighted by molar-refractivity contribution is 0.0690. The average Bonchev–Trinajstić information content (AvgIpc) is 2.86. The SMILES string of the molecule is O=C(O)c1cn(CCS(=O)c2ccc(F)cc2)nn1. The fraction of sp³-hybridized carbons (Fsp3) is 0.182. The fourth-order valence-electron chi connectivity index (χ4n) is 1.39. The van der Waals surface area contributed by atoms with Crippen LogP contribution >= 0.6 is 0 Å². The molecule has 1 atom stereocenters. The number of hydrogen-bond acceptors (Lipinski definition) is 4. The summed E-state index contributed by atoms with van der Waals surface area (Å²) in [5, 5.41) is 15.7. The molecule has 1 N–H and O–H groups in total. The van der Waals surface area contributed by atoms with Gasteiger partial charge in [0.1, 0.15) is 5.82 Å². The van der Waals surface area contributed by atoms with Gasteiger partial charge in [0.05, 0.1) is 23.5 Å².